The summed E-state index contributed by atoms with van der Waals surface area (Å²) in [6, 6.07) is 21.9. The smallest absolute Gasteiger partial charge is 0.264 e. The number of thioether (sulfide) groups is 1. The SMILES string of the molecule is CCN(c1ccc(C(=O)NCc2ccc(N3CCCC3)cc2)cc1)S(=O)(=O)c1ccc(SC)cc1. The van der Waals surface area contributed by atoms with Crippen LogP contribution in [0.25, 0.3) is 0 Å². The lowest BCUT2D eigenvalue weighted by Crippen LogP contribution is -2.31. The van der Waals surface area contributed by atoms with Gasteiger partial charge >= 0.3 is 0 Å². The second kappa shape index (κ2) is 11.2. The van der Waals surface area contributed by atoms with Crippen molar-refractivity contribution in [3.8, 4) is 0 Å². The molecule has 3 aromatic carbocycles. The van der Waals surface area contributed by atoms with E-state index in [0.29, 0.717) is 17.8 Å². The quantitative estimate of drug-likeness (QED) is 0.404. The molecule has 1 heterocycles. The van der Waals surface area contributed by atoms with Crippen molar-refractivity contribution in [3.05, 3.63) is 83.9 Å². The van der Waals surface area contributed by atoms with Crippen LogP contribution in [0.5, 0.6) is 0 Å². The number of carbonyl (C=O) groups excluding carboxylic acids is 1. The Morgan fingerprint density at radius 1 is 0.943 bits per heavy atom. The predicted molar refractivity (Wildman–Crippen MR) is 144 cm³/mol. The maximum absolute atomic E-state index is 13.2. The van der Waals surface area contributed by atoms with Crippen LogP contribution < -0.4 is 14.5 Å². The highest BCUT2D eigenvalue weighted by molar-refractivity contribution is 7.98. The van der Waals surface area contributed by atoms with Gasteiger partial charge in [0.15, 0.2) is 0 Å². The Bertz CT molecular complexity index is 1240. The molecule has 0 radical (unpaired) electrons. The van der Waals surface area contributed by atoms with Gasteiger partial charge in [-0.2, -0.15) is 0 Å². The number of rotatable bonds is 9. The molecule has 1 aliphatic rings. The lowest BCUT2D eigenvalue weighted by atomic mass is 10.1. The van der Waals surface area contributed by atoms with E-state index in [-0.39, 0.29) is 17.3 Å². The Morgan fingerprint density at radius 2 is 1.57 bits per heavy atom. The van der Waals surface area contributed by atoms with Crippen molar-refractivity contribution in [2.75, 3.05) is 35.1 Å². The standard InChI is InChI=1S/C27H31N3O3S2/c1-3-30(35(32,33)26-16-14-25(34-2)15-17-26)24-12-8-22(9-13-24)27(31)28-20-21-6-10-23(11-7-21)29-18-4-5-19-29/h6-17H,3-5,18-20H2,1-2H3,(H,28,31). The zero-order valence-corrected chi connectivity index (χ0v) is 21.7. The van der Waals surface area contributed by atoms with Crippen LogP contribution in [0.4, 0.5) is 11.4 Å². The molecule has 0 aliphatic carbocycles. The maximum Gasteiger partial charge on any atom is 0.264 e. The predicted octanol–water partition coefficient (Wildman–Crippen LogP) is 5.15. The Kier molecular flexibility index (Phi) is 8.03. The number of amides is 1. The second-order valence-corrected chi connectivity index (χ2v) is 11.2. The second-order valence-electron chi connectivity index (χ2n) is 8.44. The van der Waals surface area contributed by atoms with E-state index in [9.17, 15) is 13.2 Å². The molecule has 1 amide bonds. The molecule has 35 heavy (non-hydrogen) atoms. The summed E-state index contributed by atoms with van der Waals surface area (Å²) in [4.78, 5) is 16.3. The zero-order valence-electron chi connectivity index (χ0n) is 20.1. The van der Waals surface area contributed by atoms with E-state index >= 15 is 0 Å². The molecule has 0 saturated carbocycles. The van der Waals surface area contributed by atoms with E-state index in [0.717, 1.165) is 23.5 Å². The first-order valence-electron chi connectivity index (χ1n) is 11.8. The molecule has 0 unspecified atom stereocenters. The van der Waals surface area contributed by atoms with Crippen LogP contribution >= 0.6 is 11.8 Å². The highest BCUT2D eigenvalue weighted by Gasteiger charge is 2.23. The molecule has 1 aliphatic heterocycles. The highest BCUT2D eigenvalue weighted by atomic mass is 32.2. The van der Waals surface area contributed by atoms with Gasteiger partial charge in [0.25, 0.3) is 15.9 Å². The number of benzene rings is 3. The molecule has 8 heteroatoms. The summed E-state index contributed by atoms with van der Waals surface area (Å²) in [5.74, 6) is -0.196. The van der Waals surface area contributed by atoms with E-state index in [4.69, 9.17) is 0 Å². The molecule has 0 bridgehead atoms. The molecule has 4 rings (SSSR count). The van der Waals surface area contributed by atoms with Gasteiger partial charge in [-0.15, -0.1) is 11.8 Å². The summed E-state index contributed by atoms with van der Waals surface area (Å²) in [7, 11) is -3.70. The van der Waals surface area contributed by atoms with Crippen LogP contribution in [0.3, 0.4) is 0 Å². The minimum atomic E-state index is -3.70. The van der Waals surface area contributed by atoms with E-state index in [1.807, 2.05) is 18.4 Å². The van der Waals surface area contributed by atoms with Crippen molar-refractivity contribution < 1.29 is 13.2 Å². The molecule has 184 valence electrons. The zero-order chi connectivity index (χ0) is 24.8. The average molecular weight is 510 g/mol. The summed E-state index contributed by atoms with van der Waals surface area (Å²) >= 11 is 1.56. The molecule has 0 atom stereocenters. The molecular weight excluding hydrogens is 478 g/mol. The van der Waals surface area contributed by atoms with Crippen LogP contribution in [-0.4, -0.2) is 40.2 Å². The molecule has 1 N–H and O–H groups in total. The van der Waals surface area contributed by atoms with E-state index in [1.54, 1.807) is 67.2 Å². The van der Waals surface area contributed by atoms with Crippen LogP contribution in [0.1, 0.15) is 35.7 Å². The molecule has 6 nitrogen and oxygen atoms in total. The van der Waals surface area contributed by atoms with Gasteiger partial charge in [-0.1, -0.05) is 12.1 Å². The van der Waals surface area contributed by atoms with Crippen molar-refractivity contribution in [3.63, 3.8) is 0 Å². The first-order chi connectivity index (χ1) is 16.9. The maximum atomic E-state index is 13.2. The Hall–Kier alpha value is -2.97. The number of carbonyl (C=O) groups is 1. The molecule has 3 aromatic rings. The van der Waals surface area contributed by atoms with Gasteiger partial charge in [0, 0.05) is 42.3 Å². The average Bonchev–Trinajstić information content (AvgIpc) is 3.43. The summed E-state index contributed by atoms with van der Waals surface area (Å²) in [5, 5.41) is 2.95. The lowest BCUT2D eigenvalue weighted by molar-refractivity contribution is 0.0951. The molecule has 0 aromatic heterocycles. The first-order valence-corrected chi connectivity index (χ1v) is 14.5. The minimum Gasteiger partial charge on any atom is -0.372 e. The lowest BCUT2D eigenvalue weighted by Gasteiger charge is -2.23. The fourth-order valence-corrected chi connectivity index (χ4v) is 6.11. The third-order valence-corrected chi connectivity index (χ3v) is 8.87. The van der Waals surface area contributed by atoms with Crippen LogP contribution in [0, 0.1) is 0 Å². The monoisotopic (exact) mass is 509 g/mol. The topological polar surface area (TPSA) is 69.7 Å². The van der Waals surface area contributed by atoms with E-state index < -0.39 is 10.0 Å². The normalized spacial score (nSPS) is 13.6. The van der Waals surface area contributed by atoms with Crippen LogP contribution in [0.15, 0.2) is 82.6 Å². The number of sulfonamides is 1. The fourth-order valence-electron chi connectivity index (χ4n) is 4.23. The minimum absolute atomic E-state index is 0.196. The van der Waals surface area contributed by atoms with E-state index in [2.05, 4.69) is 22.3 Å². The third kappa shape index (κ3) is 5.82. The number of nitrogens with one attached hydrogen (secondary N) is 1. The van der Waals surface area contributed by atoms with Crippen LogP contribution in [0.2, 0.25) is 0 Å². The first kappa shape index (κ1) is 25.1. The summed E-state index contributed by atoms with van der Waals surface area (Å²) in [6.07, 6.45) is 4.43. The third-order valence-electron chi connectivity index (χ3n) is 6.21. The van der Waals surface area contributed by atoms with Crippen molar-refractivity contribution >= 4 is 39.1 Å². The summed E-state index contributed by atoms with van der Waals surface area (Å²) in [6.45, 7) is 4.72. The largest absolute Gasteiger partial charge is 0.372 e. The van der Waals surface area contributed by atoms with Gasteiger partial charge in [0.1, 0.15) is 0 Å². The van der Waals surface area contributed by atoms with Gasteiger partial charge in [-0.3, -0.25) is 9.10 Å². The molecule has 1 fully saturated rings. The molecule has 1 saturated heterocycles. The fraction of sp³-hybridized carbons (Fsp3) is 0.296. The number of nitrogens with zero attached hydrogens (tertiary/aromatic N) is 2. The number of hydrogen-bond donors (Lipinski definition) is 1. The summed E-state index contributed by atoms with van der Waals surface area (Å²) < 4.78 is 27.7. The van der Waals surface area contributed by atoms with E-state index in [1.165, 1.54) is 22.8 Å². The van der Waals surface area contributed by atoms with Crippen molar-refractivity contribution in [1.82, 2.24) is 5.32 Å². The summed E-state index contributed by atoms with van der Waals surface area (Å²) in [5.41, 5.74) is 3.27. The van der Waals surface area contributed by atoms with Gasteiger partial charge in [0.05, 0.1) is 10.6 Å². The highest BCUT2D eigenvalue weighted by Crippen LogP contribution is 2.26. The van der Waals surface area contributed by atoms with Gasteiger partial charge in [-0.25, -0.2) is 8.42 Å². The van der Waals surface area contributed by atoms with Crippen molar-refractivity contribution in [1.29, 1.82) is 0 Å². The van der Waals surface area contributed by atoms with Gasteiger partial charge in [-0.05, 0) is 92.2 Å². The van der Waals surface area contributed by atoms with Crippen molar-refractivity contribution in [2.24, 2.45) is 0 Å². The number of anilines is 2. The molecular formula is C27H31N3O3S2. The molecule has 0 spiro atoms. The Balaban J connectivity index is 1.40. The van der Waals surface area contributed by atoms with Crippen molar-refractivity contribution in [2.45, 2.75) is 36.1 Å². The Morgan fingerprint density at radius 3 is 2.14 bits per heavy atom. The van der Waals surface area contributed by atoms with Gasteiger partial charge < -0.3 is 10.2 Å². The van der Waals surface area contributed by atoms with Gasteiger partial charge in [0.2, 0.25) is 0 Å². The van der Waals surface area contributed by atoms with Crippen LogP contribution in [-0.2, 0) is 16.6 Å². The Labute approximate surface area is 212 Å². The number of hydrogen-bond acceptors (Lipinski definition) is 5.